The van der Waals surface area contributed by atoms with E-state index in [1.54, 1.807) is 32.9 Å². The predicted octanol–water partition coefficient (Wildman–Crippen LogP) is 3.33. The van der Waals surface area contributed by atoms with Crippen molar-refractivity contribution in [1.29, 1.82) is 0 Å². The topological polar surface area (TPSA) is 88.1 Å². The van der Waals surface area contributed by atoms with Crippen LogP contribution in [0, 0.1) is 6.92 Å². The van der Waals surface area contributed by atoms with Gasteiger partial charge < -0.3 is 14.0 Å². The molecule has 0 aliphatic rings. The summed E-state index contributed by atoms with van der Waals surface area (Å²) in [6.45, 7) is 7.52. The molecule has 0 aliphatic heterocycles. The first-order valence-electron chi connectivity index (χ1n) is 7.71. The lowest BCUT2D eigenvalue weighted by molar-refractivity contribution is -0.0899. The SMILES string of the molecule is CCOC(OCC)P(=O)(COS(=O)(=O)c1ccc(C)cc1)OCC. The standard InChI is InChI=1S/C15H25O7PS/c1-5-19-15(20-6-2)23(16,21-7-3)12-22-24(17,18)14-10-8-13(4)9-11-14/h8-11,15H,5-7,12H2,1-4H3. The fraction of sp³-hybridized carbons (Fsp3) is 0.600. The maximum atomic E-state index is 13.0. The minimum atomic E-state index is -4.06. The van der Waals surface area contributed by atoms with E-state index in [0.717, 1.165) is 5.56 Å². The second-order valence-corrected chi connectivity index (χ2v) is 8.88. The molecule has 0 spiro atoms. The maximum absolute atomic E-state index is 13.0. The molecule has 0 aromatic heterocycles. The van der Waals surface area contributed by atoms with Crippen LogP contribution in [0.2, 0.25) is 0 Å². The molecule has 7 nitrogen and oxygen atoms in total. The van der Waals surface area contributed by atoms with Gasteiger partial charge in [-0.2, -0.15) is 8.42 Å². The van der Waals surface area contributed by atoms with Crippen molar-refractivity contribution in [3.8, 4) is 0 Å². The Morgan fingerprint density at radius 2 is 1.54 bits per heavy atom. The van der Waals surface area contributed by atoms with Crippen molar-refractivity contribution in [3.63, 3.8) is 0 Å². The molecule has 0 bridgehead atoms. The fourth-order valence-electron chi connectivity index (χ4n) is 1.85. The summed E-state index contributed by atoms with van der Waals surface area (Å²) in [6.07, 6.45) is -0.651. The van der Waals surface area contributed by atoms with Gasteiger partial charge >= 0.3 is 0 Å². The number of benzene rings is 1. The summed E-state index contributed by atoms with van der Waals surface area (Å²) < 4.78 is 58.3. The van der Waals surface area contributed by atoms with Gasteiger partial charge in [-0.1, -0.05) is 17.7 Å². The van der Waals surface area contributed by atoms with Crippen LogP contribution >= 0.6 is 7.37 Å². The monoisotopic (exact) mass is 380 g/mol. The Hall–Kier alpha value is -0.760. The van der Waals surface area contributed by atoms with E-state index in [-0.39, 0.29) is 24.7 Å². The van der Waals surface area contributed by atoms with Gasteiger partial charge in [0.2, 0.25) is 6.03 Å². The van der Waals surface area contributed by atoms with Gasteiger partial charge in [-0.3, -0.25) is 8.75 Å². The van der Waals surface area contributed by atoms with Gasteiger partial charge in [0.05, 0.1) is 11.5 Å². The molecule has 0 saturated carbocycles. The molecule has 1 atom stereocenters. The lowest BCUT2D eigenvalue weighted by Crippen LogP contribution is -2.23. The van der Waals surface area contributed by atoms with Gasteiger partial charge in [-0.25, -0.2) is 0 Å². The second kappa shape index (κ2) is 9.65. The summed E-state index contributed by atoms with van der Waals surface area (Å²) in [6, 6.07) is 5.00. The van der Waals surface area contributed by atoms with Crippen LogP contribution in [0.15, 0.2) is 29.2 Å². The third-order valence-electron chi connectivity index (χ3n) is 2.98. The molecule has 0 amide bonds. The molecule has 1 rings (SSSR count). The average Bonchev–Trinajstić information content (AvgIpc) is 2.54. The zero-order valence-corrected chi connectivity index (χ0v) is 16.1. The summed E-state index contributed by atoms with van der Waals surface area (Å²) in [5.41, 5.74) is 0.918. The zero-order chi connectivity index (χ0) is 18.2. The van der Waals surface area contributed by atoms with E-state index < -0.39 is 29.9 Å². The van der Waals surface area contributed by atoms with Gasteiger partial charge in [0.15, 0.2) is 0 Å². The zero-order valence-electron chi connectivity index (χ0n) is 14.4. The second-order valence-electron chi connectivity index (χ2n) is 4.88. The molecule has 0 saturated heterocycles. The lowest BCUT2D eigenvalue weighted by atomic mass is 10.2. The highest BCUT2D eigenvalue weighted by molar-refractivity contribution is 7.87. The molecule has 1 aromatic carbocycles. The number of aryl methyl sites for hydroxylation is 1. The molecule has 0 fully saturated rings. The van der Waals surface area contributed by atoms with Crippen molar-refractivity contribution in [2.24, 2.45) is 0 Å². The van der Waals surface area contributed by atoms with E-state index in [9.17, 15) is 13.0 Å². The molecule has 1 unspecified atom stereocenters. The smallest absolute Gasteiger partial charge is 0.297 e. The highest BCUT2D eigenvalue weighted by atomic mass is 32.2. The van der Waals surface area contributed by atoms with Crippen LogP contribution in [0.25, 0.3) is 0 Å². The molecule has 138 valence electrons. The first kappa shape index (κ1) is 21.3. The van der Waals surface area contributed by atoms with Crippen LogP contribution in [0.1, 0.15) is 26.3 Å². The van der Waals surface area contributed by atoms with E-state index >= 15 is 0 Å². The number of ether oxygens (including phenoxy) is 2. The molecular weight excluding hydrogens is 355 g/mol. The Morgan fingerprint density at radius 1 is 1.00 bits per heavy atom. The normalized spacial score (nSPS) is 14.7. The van der Waals surface area contributed by atoms with E-state index in [4.69, 9.17) is 18.2 Å². The fourth-order valence-corrected chi connectivity index (χ4v) is 5.11. The first-order valence-corrected chi connectivity index (χ1v) is 11.0. The van der Waals surface area contributed by atoms with E-state index in [0.29, 0.717) is 0 Å². The van der Waals surface area contributed by atoms with Crippen LogP contribution in [-0.2, 0) is 32.9 Å². The van der Waals surface area contributed by atoms with Gasteiger partial charge in [0, 0.05) is 13.2 Å². The van der Waals surface area contributed by atoms with E-state index in [2.05, 4.69) is 0 Å². The summed E-state index contributed by atoms with van der Waals surface area (Å²) in [7, 11) is -7.69. The molecular formula is C15H25O7PS. The molecule has 0 heterocycles. The first-order chi connectivity index (χ1) is 11.3. The van der Waals surface area contributed by atoms with Gasteiger partial charge in [-0.15, -0.1) is 0 Å². The van der Waals surface area contributed by atoms with E-state index in [1.165, 1.54) is 12.1 Å². The highest BCUT2D eigenvalue weighted by Gasteiger charge is 2.38. The molecule has 0 N–H and O–H groups in total. The Bertz CT molecular complexity index is 636. The van der Waals surface area contributed by atoms with Crippen LogP contribution in [-0.4, -0.2) is 40.6 Å². The number of hydrogen-bond acceptors (Lipinski definition) is 7. The van der Waals surface area contributed by atoms with Crippen LogP contribution in [0.5, 0.6) is 0 Å². The molecule has 1 aromatic rings. The Balaban J connectivity index is 2.95. The summed E-state index contributed by atoms with van der Waals surface area (Å²) in [5.74, 6) is 0. The minimum absolute atomic E-state index is 0.0134. The van der Waals surface area contributed by atoms with Crippen molar-refractivity contribution in [1.82, 2.24) is 0 Å². The average molecular weight is 380 g/mol. The molecule has 9 heteroatoms. The quantitative estimate of drug-likeness (QED) is 0.330. The van der Waals surface area contributed by atoms with E-state index in [1.807, 2.05) is 6.92 Å². The third-order valence-corrected chi connectivity index (χ3v) is 6.56. The van der Waals surface area contributed by atoms with Crippen molar-refractivity contribution in [2.75, 3.05) is 26.2 Å². The van der Waals surface area contributed by atoms with Crippen LogP contribution in [0.3, 0.4) is 0 Å². The summed E-state index contributed by atoms with van der Waals surface area (Å²) in [5, 5.41) is 0. The van der Waals surface area contributed by atoms with Crippen molar-refractivity contribution >= 4 is 17.5 Å². The molecule has 0 radical (unpaired) electrons. The van der Waals surface area contributed by atoms with Gasteiger partial charge in [0.25, 0.3) is 17.5 Å². The van der Waals surface area contributed by atoms with Crippen LogP contribution in [0.4, 0.5) is 0 Å². The van der Waals surface area contributed by atoms with Gasteiger partial charge in [0.1, 0.15) is 6.35 Å². The van der Waals surface area contributed by atoms with Crippen molar-refractivity contribution < 1.29 is 31.2 Å². The summed E-state index contributed by atoms with van der Waals surface area (Å²) in [4.78, 5) is -0.0134. The predicted molar refractivity (Wildman–Crippen MR) is 90.6 cm³/mol. The highest BCUT2D eigenvalue weighted by Crippen LogP contribution is 2.53. The third kappa shape index (κ3) is 5.95. The Morgan fingerprint density at radius 3 is 2.00 bits per heavy atom. The van der Waals surface area contributed by atoms with Crippen LogP contribution < -0.4 is 0 Å². The number of rotatable bonds is 11. The molecule has 0 aliphatic carbocycles. The van der Waals surface area contributed by atoms with Gasteiger partial charge in [-0.05, 0) is 39.8 Å². The number of hydrogen-bond donors (Lipinski definition) is 0. The maximum Gasteiger partial charge on any atom is 0.297 e. The lowest BCUT2D eigenvalue weighted by Gasteiger charge is -2.26. The van der Waals surface area contributed by atoms with Crippen molar-refractivity contribution in [2.45, 2.75) is 38.6 Å². The Kier molecular flexibility index (Phi) is 8.56. The molecule has 24 heavy (non-hydrogen) atoms. The largest absolute Gasteiger partial charge is 0.345 e. The summed E-state index contributed by atoms with van der Waals surface area (Å²) >= 11 is 0. The minimum Gasteiger partial charge on any atom is -0.345 e. The Labute approximate surface area is 143 Å². The van der Waals surface area contributed by atoms with Crippen molar-refractivity contribution in [3.05, 3.63) is 29.8 Å².